The van der Waals surface area contributed by atoms with E-state index in [1.807, 2.05) is 63.2 Å². The van der Waals surface area contributed by atoms with Crippen molar-refractivity contribution >= 4 is 41.2 Å². The zero-order valence-electron chi connectivity index (χ0n) is 19.7. The van der Waals surface area contributed by atoms with Crippen molar-refractivity contribution < 1.29 is 14.3 Å². The van der Waals surface area contributed by atoms with Gasteiger partial charge in [-0.3, -0.25) is 9.59 Å². The molecule has 0 spiro atoms. The van der Waals surface area contributed by atoms with E-state index in [0.717, 1.165) is 16.9 Å². The van der Waals surface area contributed by atoms with Crippen LogP contribution in [-0.4, -0.2) is 24.1 Å². The second kappa shape index (κ2) is 12.4. The highest BCUT2D eigenvalue weighted by Gasteiger charge is 2.25. The molecule has 0 saturated carbocycles. The summed E-state index contributed by atoms with van der Waals surface area (Å²) >= 11 is 12.0. The minimum atomic E-state index is -0.802. The Morgan fingerprint density at radius 2 is 1.77 bits per heavy atom. The highest BCUT2D eigenvalue weighted by molar-refractivity contribution is 6.36. The number of carbonyl (C=O) groups excluding carboxylic acids is 2. The summed E-state index contributed by atoms with van der Waals surface area (Å²) in [5.41, 5.74) is 5.80. The minimum Gasteiger partial charge on any atom is -0.489 e. The number of nitrogens with one attached hydrogen (secondary N) is 2. The van der Waals surface area contributed by atoms with E-state index in [4.69, 9.17) is 27.9 Å². The molecule has 0 aliphatic rings. The molecule has 6 nitrogen and oxygen atoms in total. The van der Waals surface area contributed by atoms with E-state index in [9.17, 15) is 9.59 Å². The molecular weight excluding hydrogens is 485 g/mol. The van der Waals surface area contributed by atoms with Crippen LogP contribution in [0.5, 0.6) is 5.75 Å². The summed E-state index contributed by atoms with van der Waals surface area (Å²) < 4.78 is 5.82. The molecule has 1 unspecified atom stereocenters. The van der Waals surface area contributed by atoms with Crippen molar-refractivity contribution in [2.24, 2.45) is 11.0 Å². The molecule has 1 atom stereocenters. The molecule has 0 bridgehead atoms. The Balaban J connectivity index is 1.54. The molecule has 0 aliphatic carbocycles. The van der Waals surface area contributed by atoms with Crippen LogP contribution in [0, 0.1) is 12.8 Å². The van der Waals surface area contributed by atoms with Crippen LogP contribution < -0.4 is 15.5 Å². The molecule has 0 aliphatic heterocycles. The Bertz CT molecular complexity index is 1210. The van der Waals surface area contributed by atoms with Gasteiger partial charge in [-0.25, -0.2) is 5.43 Å². The molecule has 0 saturated heterocycles. The van der Waals surface area contributed by atoms with Crippen LogP contribution in [0.2, 0.25) is 10.0 Å². The third-order valence-electron chi connectivity index (χ3n) is 5.17. The van der Waals surface area contributed by atoms with Crippen LogP contribution >= 0.6 is 23.2 Å². The Morgan fingerprint density at radius 3 is 2.43 bits per heavy atom. The van der Waals surface area contributed by atoms with Gasteiger partial charge in [0.05, 0.1) is 16.8 Å². The number of rotatable bonds is 9. The lowest BCUT2D eigenvalue weighted by molar-refractivity contribution is -0.123. The predicted octanol–water partition coefficient (Wildman–Crippen LogP) is 5.79. The molecule has 0 fully saturated rings. The second-order valence-corrected chi connectivity index (χ2v) is 9.24. The van der Waals surface area contributed by atoms with E-state index in [-0.39, 0.29) is 16.5 Å². The van der Waals surface area contributed by atoms with Gasteiger partial charge in [0.2, 0.25) is 0 Å². The molecule has 8 heteroatoms. The molecule has 3 aromatic carbocycles. The number of hydrogen-bond acceptors (Lipinski definition) is 4. The number of hydrazone groups is 1. The number of halogens is 2. The van der Waals surface area contributed by atoms with E-state index in [1.54, 1.807) is 6.07 Å². The van der Waals surface area contributed by atoms with Gasteiger partial charge >= 0.3 is 0 Å². The third kappa shape index (κ3) is 7.84. The van der Waals surface area contributed by atoms with Crippen LogP contribution in [0.1, 0.15) is 40.9 Å². The van der Waals surface area contributed by atoms with E-state index in [2.05, 4.69) is 21.9 Å². The lowest BCUT2D eigenvalue weighted by atomic mass is 10.0. The summed E-state index contributed by atoms with van der Waals surface area (Å²) in [6.07, 6.45) is 1.53. The number of ether oxygens (including phenoxy) is 1. The number of nitrogens with zero attached hydrogens (tertiary/aromatic N) is 1. The first-order valence-electron chi connectivity index (χ1n) is 11.1. The Labute approximate surface area is 215 Å². The first kappa shape index (κ1) is 26.3. The zero-order chi connectivity index (χ0) is 25.4. The molecular formula is C27H27Cl2N3O3. The van der Waals surface area contributed by atoms with Gasteiger partial charge < -0.3 is 10.1 Å². The predicted molar refractivity (Wildman–Crippen MR) is 140 cm³/mol. The van der Waals surface area contributed by atoms with E-state index < -0.39 is 17.9 Å². The van der Waals surface area contributed by atoms with Gasteiger partial charge in [0.25, 0.3) is 11.8 Å². The summed E-state index contributed by atoms with van der Waals surface area (Å²) in [4.78, 5) is 25.3. The number of aryl methyl sites for hydroxylation is 1. The van der Waals surface area contributed by atoms with Crippen LogP contribution in [0.3, 0.4) is 0 Å². The summed E-state index contributed by atoms with van der Waals surface area (Å²) in [7, 11) is 0. The number of hydrogen-bond donors (Lipinski definition) is 2. The maximum absolute atomic E-state index is 12.7. The molecule has 0 radical (unpaired) electrons. The lowest BCUT2D eigenvalue weighted by Gasteiger charge is -2.20. The third-order valence-corrected chi connectivity index (χ3v) is 5.72. The maximum atomic E-state index is 12.7. The molecule has 0 heterocycles. The van der Waals surface area contributed by atoms with Gasteiger partial charge in [0.15, 0.2) is 0 Å². The van der Waals surface area contributed by atoms with Gasteiger partial charge in [-0.05, 0) is 66.4 Å². The Kier molecular flexibility index (Phi) is 9.29. The molecule has 2 amide bonds. The van der Waals surface area contributed by atoms with Gasteiger partial charge in [0, 0.05) is 5.02 Å². The quantitative estimate of drug-likeness (QED) is 0.282. The smallest absolute Gasteiger partial charge is 0.262 e. The SMILES string of the molecule is Cc1cccc(COc2ccc(C=NNC(=O)C(NC(=O)c3ccc(Cl)cc3Cl)C(C)C)cc2)c1. The normalized spacial score (nSPS) is 11.9. The largest absolute Gasteiger partial charge is 0.489 e. The number of amides is 2. The fourth-order valence-corrected chi connectivity index (χ4v) is 3.78. The first-order valence-corrected chi connectivity index (χ1v) is 11.9. The van der Waals surface area contributed by atoms with Crippen molar-refractivity contribution in [3.05, 3.63) is 99.0 Å². The second-order valence-electron chi connectivity index (χ2n) is 8.40. The van der Waals surface area contributed by atoms with Crippen LogP contribution in [0.25, 0.3) is 0 Å². The number of benzene rings is 3. The molecule has 3 aromatic rings. The molecule has 2 N–H and O–H groups in total. The highest BCUT2D eigenvalue weighted by Crippen LogP contribution is 2.21. The van der Waals surface area contributed by atoms with Crippen molar-refractivity contribution in [2.75, 3.05) is 0 Å². The van der Waals surface area contributed by atoms with Crippen molar-refractivity contribution in [3.63, 3.8) is 0 Å². The Morgan fingerprint density at radius 1 is 1.03 bits per heavy atom. The topological polar surface area (TPSA) is 79.8 Å². The summed E-state index contributed by atoms with van der Waals surface area (Å²) in [6, 6.07) is 19.3. The molecule has 0 aromatic heterocycles. The van der Waals surface area contributed by atoms with Crippen LogP contribution in [0.4, 0.5) is 0 Å². The minimum absolute atomic E-state index is 0.176. The molecule has 182 valence electrons. The van der Waals surface area contributed by atoms with Crippen molar-refractivity contribution in [2.45, 2.75) is 33.4 Å². The zero-order valence-corrected chi connectivity index (χ0v) is 21.2. The van der Waals surface area contributed by atoms with E-state index in [0.29, 0.717) is 11.6 Å². The Hall–Kier alpha value is -3.35. The van der Waals surface area contributed by atoms with Crippen molar-refractivity contribution in [1.29, 1.82) is 0 Å². The highest BCUT2D eigenvalue weighted by atomic mass is 35.5. The summed E-state index contributed by atoms with van der Waals surface area (Å²) in [5.74, 6) is -0.347. The van der Waals surface area contributed by atoms with E-state index >= 15 is 0 Å². The fraction of sp³-hybridized carbons (Fsp3) is 0.222. The van der Waals surface area contributed by atoms with Gasteiger partial charge in [0.1, 0.15) is 18.4 Å². The first-order chi connectivity index (χ1) is 16.7. The molecule has 3 rings (SSSR count). The average molecular weight is 512 g/mol. The van der Waals surface area contributed by atoms with Crippen LogP contribution in [0.15, 0.2) is 71.8 Å². The maximum Gasteiger partial charge on any atom is 0.262 e. The average Bonchev–Trinajstić information content (AvgIpc) is 2.81. The fourth-order valence-electron chi connectivity index (χ4n) is 3.29. The van der Waals surface area contributed by atoms with Gasteiger partial charge in [-0.1, -0.05) is 66.9 Å². The standard InChI is InChI=1S/C27H27Cl2N3O3/c1-17(2)25(31-26(33)23-12-9-21(28)14-24(23)29)27(34)32-30-15-19-7-10-22(11-8-19)35-16-20-6-4-5-18(3)13-20/h4-15,17,25H,16H2,1-3H3,(H,31,33)(H,32,34). The molecule has 35 heavy (non-hydrogen) atoms. The summed E-state index contributed by atoms with van der Waals surface area (Å²) in [5, 5.41) is 7.37. The van der Waals surface area contributed by atoms with Gasteiger partial charge in [-0.2, -0.15) is 5.10 Å². The van der Waals surface area contributed by atoms with Crippen LogP contribution in [-0.2, 0) is 11.4 Å². The number of carbonyl (C=O) groups is 2. The van der Waals surface area contributed by atoms with Gasteiger partial charge in [-0.15, -0.1) is 0 Å². The van der Waals surface area contributed by atoms with Crippen molar-refractivity contribution in [3.8, 4) is 5.75 Å². The van der Waals surface area contributed by atoms with E-state index in [1.165, 1.54) is 23.9 Å². The summed E-state index contributed by atoms with van der Waals surface area (Å²) in [6.45, 7) is 6.18. The van der Waals surface area contributed by atoms with Crippen molar-refractivity contribution in [1.82, 2.24) is 10.7 Å². The lowest BCUT2D eigenvalue weighted by Crippen LogP contribution is -2.48. The monoisotopic (exact) mass is 511 g/mol.